The van der Waals surface area contributed by atoms with E-state index >= 15 is 0 Å². The summed E-state index contributed by atoms with van der Waals surface area (Å²) >= 11 is 0. The van der Waals surface area contributed by atoms with Crippen LogP contribution in [-0.4, -0.2) is 18.5 Å². The molecule has 5 heteroatoms. The molecule has 126 valence electrons. The minimum atomic E-state index is -0.258. The predicted octanol–water partition coefficient (Wildman–Crippen LogP) is 3.74. The lowest BCUT2D eigenvalue weighted by molar-refractivity contribution is -0.114. The Labute approximate surface area is 142 Å². The van der Waals surface area contributed by atoms with E-state index in [0.29, 0.717) is 17.9 Å². The summed E-state index contributed by atoms with van der Waals surface area (Å²) < 4.78 is 0. The van der Waals surface area contributed by atoms with Crippen LogP contribution in [0.3, 0.4) is 0 Å². The van der Waals surface area contributed by atoms with Crippen molar-refractivity contribution in [2.45, 2.75) is 26.2 Å². The van der Waals surface area contributed by atoms with Crippen molar-refractivity contribution in [1.29, 1.82) is 0 Å². The van der Waals surface area contributed by atoms with Crippen LogP contribution in [0.2, 0.25) is 0 Å². The number of amides is 3. The van der Waals surface area contributed by atoms with Crippen LogP contribution in [0.4, 0.5) is 16.2 Å². The van der Waals surface area contributed by atoms with Gasteiger partial charge < -0.3 is 16.0 Å². The number of carbonyl (C=O) groups excluding carboxylic acids is 2. The summed E-state index contributed by atoms with van der Waals surface area (Å²) in [7, 11) is 0. The molecule has 3 N–H and O–H groups in total. The Morgan fingerprint density at radius 3 is 1.96 bits per heavy atom. The zero-order chi connectivity index (χ0) is 17.6. The van der Waals surface area contributed by atoms with Gasteiger partial charge >= 0.3 is 6.03 Å². The summed E-state index contributed by atoms with van der Waals surface area (Å²) in [5.41, 5.74) is 2.37. The molecule has 2 aromatic carbocycles. The van der Waals surface area contributed by atoms with Crippen molar-refractivity contribution in [1.82, 2.24) is 5.32 Å². The molecule has 0 spiro atoms. The molecule has 24 heavy (non-hydrogen) atoms. The van der Waals surface area contributed by atoms with E-state index in [1.165, 1.54) is 12.5 Å². The normalized spacial score (nSPS) is 10.8. The highest BCUT2D eigenvalue weighted by Crippen LogP contribution is 2.21. The standard InChI is InChI=1S/C19H23N3O2/c1-14(23)21-16-9-11-17(12-10-16)22-18(24)20-13-19(2,3)15-7-5-4-6-8-15/h4-12H,13H2,1-3H3,(H,21,23)(H2,20,22,24). The maximum absolute atomic E-state index is 12.1. The fourth-order valence-corrected chi connectivity index (χ4v) is 2.31. The van der Waals surface area contributed by atoms with Crippen molar-refractivity contribution in [3.05, 3.63) is 60.2 Å². The summed E-state index contributed by atoms with van der Waals surface area (Å²) in [6, 6.07) is 16.8. The van der Waals surface area contributed by atoms with E-state index in [0.717, 1.165) is 0 Å². The van der Waals surface area contributed by atoms with Gasteiger partial charge in [-0.25, -0.2) is 4.79 Å². The van der Waals surface area contributed by atoms with Gasteiger partial charge in [-0.05, 0) is 29.8 Å². The highest BCUT2D eigenvalue weighted by atomic mass is 16.2. The van der Waals surface area contributed by atoms with Crippen molar-refractivity contribution in [2.75, 3.05) is 17.2 Å². The molecular formula is C19H23N3O2. The molecule has 2 rings (SSSR count). The molecule has 0 saturated carbocycles. The van der Waals surface area contributed by atoms with E-state index in [4.69, 9.17) is 0 Å². The van der Waals surface area contributed by atoms with E-state index in [1.807, 2.05) is 18.2 Å². The molecule has 0 unspecified atom stereocenters. The topological polar surface area (TPSA) is 70.2 Å². The molecule has 0 bridgehead atoms. The maximum atomic E-state index is 12.1. The molecule has 0 aliphatic rings. The Balaban J connectivity index is 1.88. The van der Waals surface area contributed by atoms with Gasteiger partial charge in [0, 0.05) is 30.3 Å². The number of hydrogen-bond acceptors (Lipinski definition) is 2. The summed E-state index contributed by atoms with van der Waals surface area (Å²) in [4.78, 5) is 23.0. The molecule has 0 saturated heterocycles. The first-order valence-corrected chi connectivity index (χ1v) is 7.85. The molecule has 0 heterocycles. The van der Waals surface area contributed by atoms with E-state index in [2.05, 4.69) is 41.9 Å². The zero-order valence-electron chi connectivity index (χ0n) is 14.2. The highest BCUT2D eigenvalue weighted by molar-refractivity contribution is 5.91. The first kappa shape index (κ1) is 17.5. The molecule has 0 atom stereocenters. The third-order valence-electron chi connectivity index (χ3n) is 3.71. The van der Waals surface area contributed by atoms with E-state index in [1.54, 1.807) is 24.3 Å². The Morgan fingerprint density at radius 1 is 0.875 bits per heavy atom. The molecule has 0 aliphatic heterocycles. The quantitative estimate of drug-likeness (QED) is 0.783. The van der Waals surface area contributed by atoms with Crippen LogP contribution in [0.25, 0.3) is 0 Å². The second kappa shape index (κ2) is 7.64. The number of anilines is 2. The van der Waals surface area contributed by atoms with Gasteiger partial charge in [-0.2, -0.15) is 0 Å². The van der Waals surface area contributed by atoms with Crippen LogP contribution in [0.5, 0.6) is 0 Å². The summed E-state index contributed by atoms with van der Waals surface area (Å²) in [5, 5.41) is 8.36. The monoisotopic (exact) mass is 325 g/mol. The summed E-state index contributed by atoms with van der Waals surface area (Å²) in [6.45, 7) is 6.15. The first-order chi connectivity index (χ1) is 11.4. The number of rotatable bonds is 5. The maximum Gasteiger partial charge on any atom is 0.319 e. The third-order valence-corrected chi connectivity index (χ3v) is 3.71. The van der Waals surface area contributed by atoms with Gasteiger partial charge in [-0.15, -0.1) is 0 Å². The zero-order valence-corrected chi connectivity index (χ0v) is 14.2. The Kier molecular flexibility index (Phi) is 5.58. The minimum Gasteiger partial charge on any atom is -0.337 e. The van der Waals surface area contributed by atoms with Gasteiger partial charge in [0.05, 0.1) is 0 Å². The molecule has 0 fully saturated rings. The van der Waals surface area contributed by atoms with Gasteiger partial charge in [-0.1, -0.05) is 44.2 Å². The first-order valence-electron chi connectivity index (χ1n) is 7.85. The van der Waals surface area contributed by atoms with Crippen molar-refractivity contribution in [3.8, 4) is 0 Å². The number of nitrogens with one attached hydrogen (secondary N) is 3. The molecule has 2 aromatic rings. The molecule has 3 amide bonds. The van der Waals surface area contributed by atoms with Gasteiger partial charge in [0.25, 0.3) is 0 Å². The average Bonchev–Trinajstić information content (AvgIpc) is 2.55. The second-order valence-electron chi connectivity index (χ2n) is 6.32. The lowest BCUT2D eigenvalue weighted by atomic mass is 9.85. The van der Waals surface area contributed by atoms with Crippen molar-refractivity contribution < 1.29 is 9.59 Å². The minimum absolute atomic E-state index is 0.128. The predicted molar refractivity (Wildman–Crippen MR) is 97.2 cm³/mol. The average molecular weight is 325 g/mol. The van der Waals surface area contributed by atoms with Crippen LogP contribution in [0.1, 0.15) is 26.3 Å². The van der Waals surface area contributed by atoms with Crippen LogP contribution >= 0.6 is 0 Å². The summed E-state index contributed by atoms with van der Waals surface area (Å²) in [5.74, 6) is -0.128. The molecular weight excluding hydrogens is 302 g/mol. The lowest BCUT2D eigenvalue weighted by Gasteiger charge is -2.25. The fourth-order valence-electron chi connectivity index (χ4n) is 2.31. The molecule has 0 aliphatic carbocycles. The largest absolute Gasteiger partial charge is 0.337 e. The Hall–Kier alpha value is -2.82. The van der Waals surface area contributed by atoms with Gasteiger partial charge in [-0.3, -0.25) is 4.79 Å². The van der Waals surface area contributed by atoms with Crippen LogP contribution in [-0.2, 0) is 10.2 Å². The number of hydrogen-bond donors (Lipinski definition) is 3. The van der Waals surface area contributed by atoms with E-state index in [-0.39, 0.29) is 17.4 Å². The van der Waals surface area contributed by atoms with Crippen LogP contribution in [0.15, 0.2) is 54.6 Å². The van der Waals surface area contributed by atoms with E-state index in [9.17, 15) is 9.59 Å². The van der Waals surface area contributed by atoms with Crippen molar-refractivity contribution in [3.63, 3.8) is 0 Å². The van der Waals surface area contributed by atoms with Crippen molar-refractivity contribution >= 4 is 23.3 Å². The highest BCUT2D eigenvalue weighted by Gasteiger charge is 2.20. The molecule has 0 aromatic heterocycles. The smallest absolute Gasteiger partial charge is 0.319 e. The summed E-state index contributed by atoms with van der Waals surface area (Å²) in [6.07, 6.45) is 0. The van der Waals surface area contributed by atoms with Gasteiger partial charge in [0.15, 0.2) is 0 Å². The third kappa shape index (κ3) is 5.12. The second-order valence-corrected chi connectivity index (χ2v) is 6.32. The number of benzene rings is 2. The lowest BCUT2D eigenvalue weighted by Crippen LogP contribution is -2.38. The van der Waals surface area contributed by atoms with Crippen molar-refractivity contribution in [2.24, 2.45) is 0 Å². The fraction of sp³-hybridized carbons (Fsp3) is 0.263. The van der Waals surface area contributed by atoms with Gasteiger partial charge in [0.1, 0.15) is 0 Å². The molecule has 0 radical (unpaired) electrons. The van der Waals surface area contributed by atoms with E-state index < -0.39 is 0 Å². The SMILES string of the molecule is CC(=O)Nc1ccc(NC(=O)NCC(C)(C)c2ccccc2)cc1. The van der Waals surface area contributed by atoms with Crippen LogP contribution in [0, 0.1) is 0 Å². The van der Waals surface area contributed by atoms with Gasteiger partial charge in [0.2, 0.25) is 5.91 Å². The number of carbonyl (C=O) groups is 2. The Bertz CT molecular complexity index is 694. The Morgan fingerprint density at radius 2 is 1.42 bits per heavy atom. The number of urea groups is 1. The van der Waals surface area contributed by atoms with Crippen LogP contribution < -0.4 is 16.0 Å². The molecule has 5 nitrogen and oxygen atoms in total.